The zero-order valence-electron chi connectivity index (χ0n) is 27.7. The molecule has 3 fully saturated rings. The molecule has 0 heterocycles. The molecular weight excluding hydrogens is 596 g/mol. The lowest BCUT2D eigenvalue weighted by Gasteiger charge is -2.58. The van der Waals surface area contributed by atoms with Gasteiger partial charge in [0.1, 0.15) is 10.5 Å². The molecule has 0 spiro atoms. The van der Waals surface area contributed by atoms with Crippen molar-refractivity contribution >= 4 is 35.6 Å². The number of rotatable bonds is 13. The summed E-state index contributed by atoms with van der Waals surface area (Å²) in [7, 11) is 0. The maximum Gasteiger partial charge on any atom is 0.317 e. The number of hydrogen-bond acceptors (Lipinski definition) is 6. The first-order valence-electron chi connectivity index (χ1n) is 16.9. The van der Waals surface area contributed by atoms with Crippen LogP contribution >= 0.6 is 11.8 Å². The van der Waals surface area contributed by atoms with Gasteiger partial charge in [-0.3, -0.25) is 19.2 Å². The molecule has 45 heavy (non-hydrogen) atoms. The Labute approximate surface area is 272 Å². The van der Waals surface area contributed by atoms with Crippen molar-refractivity contribution in [3.05, 3.63) is 11.6 Å². The molecule has 5 N–H and O–H groups in total. The van der Waals surface area contributed by atoms with Gasteiger partial charge < -0.3 is 25.5 Å². The molecule has 0 radical (unpaired) electrons. The molecule has 4 aliphatic carbocycles. The maximum atomic E-state index is 10.7. The fourth-order valence-corrected chi connectivity index (χ4v) is 10.7. The van der Waals surface area contributed by atoms with Crippen LogP contribution < -0.4 is 0 Å². The van der Waals surface area contributed by atoms with E-state index in [4.69, 9.17) is 20.4 Å². The van der Waals surface area contributed by atoms with Crippen LogP contribution in [-0.2, 0) is 19.2 Å². The van der Waals surface area contributed by atoms with Crippen molar-refractivity contribution < 1.29 is 44.7 Å². The van der Waals surface area contributed by atoms with Crippen LogP contribution in [0.25, 0.3) is 0 Å². The Bertz CT molecular complexity index is 1070. The number of carbonyl (C=O) groups is 4. The number of fused-ring (bicyclic) bond motifs is 5. The molecule has 9 nitrogen and oxygen atoms in total. The SMILES string of the molecule is CC(C)CCCC(C)C1CCC2C3CC=C4CC(O)CCC4(C)C3CCC12C.O=C(O)CC(SC(CC(=O)O)C(=O)O)C(=O)O. The third-order valence-corrected chi connectivity index (χ3v) is 13.3. The second-order valence-corrected chi connectivity index (χ2v) is 16.6. The molecular formula is C35H56O9S. The van der Waals surface area contributed by atoms with E-state index in [2.05, 4.69) is 40.7 Å². The Kier molecular flexibility index (Phi) is 13.0. The van der Waals surface area contributed by atoms with Gasteiger partial charge in [-0.15, -0.1) is 11.8 Å². The van der Waals surface area contributed by atoms with E-state index in [1.165, 1.54) is 57.8 Å². The first-order chi connectivity index (χ1) is 21.0. The molecule has 10 unspecified atom stereocenters. The molecule has 10 atom stereocenters. The zero-order valence-corrected chi connectivity index (χ0v) is 28.6. The first kappa shape index (κ1) is 37.4. The molecule has 256 valence electrons. The summed E-state index contributed by atoms with van der Waals surface area (Å²) in [6.45, 7) is 12.6. The second-order valence-electron chi connectivity index (χ2n) is 15.2. The van der Waals surface area contributed by atoms with E-state index in [1.54, 1.807) is 5.57 Å². The van der Waals surface area contributed by atoms with E-state index < -0.39 is 47.2 Å². The average molecular weight is 653 g/mol. The van der Waals surface area contributed by atoms with Crippen molar-refractivity contribution in [2.75, 3.05) is 0 Å². The van der Waals surface area contributed by atoms with Crippen molar-refractivity contribution in [1.29, 1.82) is 0 Å². The topological polar surface area (TPSA) is 169 Å². The van der Waals surface area contributed by atoms with Gasteiger partial charge in [-0.1, -0.05) is 65.5 Å². The van der Waals surface area contributed by atoms with Gasteiger partial charge in [0.15, 0.2) is 0 Å². The minimum absolute atomic E-state index is 0.0766. The number of aliphatic hydroxyl groups is 1. The molecule has 3 saturated carbocycles. The van der Waals surface area contributed by atoms with Gasteiger partial charge in [-0.2, -0.15) is 0 Å². The highest BCUT2D eigenvalue weighted by molar-refractivity contribution is 8.01. The summed E-state index contributed by atoms with van der Waals surface area (Å²) in [5.41, 5.74) is 2.60. The summed E-state index contributed by atoms with van der Waals surface area (Å²) in [5, 5.41) is 41.4. The fraction of sp³-hybridized carbons (Fsp3) is 0.829. The number of aliphatic carboxylic acids is 4. The zero-order chi connectivity index (χ0) is 33.7. The molecule has 0 aromatic rings. The average Bonchev–Trinajstić information content (AvgIpc) is 3.29. The molecule has 0 bridgehead atoms. The highest BCUT2D eigenvalue weighted by Gasteiger charge is 2.59. The molecule has 4 aliphatic rings. The third-order valence-electron chi connectivity index (χ3n) is 11.9. The smallest absolute Gasteiger partial charge is 0.317 e. The Morgan fingerprint density at radius 3 is 1.98 bits per heavy atom. The normalized spacial score (nSPS) is 34.1. The van der Waals surface area contributed by atoms with Crippen molar-refractivity contribution in [2.24, 2.45) is 46.3 Å². The summed E-state index contributed by atoms with van der Waals surface area (Å²) in [5.74, 6) is -0.323. The molecule has 0 aliphatic heterocycles. The fourth-order valence-electron chi connectivity index (χ4n) is 9.57. The van der Waals surface area contributed by atoms with Crippen LogP contribution in [0.3, 0.4) is 0 Å². The van der Waals surface area contributed by atoms with Crippen molar-refractivity contribution in [3.8, 4) is 0 Å². The third kappa shape index (κ3) is 9.05. The van der Waals surface area contributed by atoms with Crippen LogP contribution in [0.15, 0.2) is 11.6 Å². The Morgan fingerprint density at radius 2 is 1.44 bits per heavy atom. The largest absolute Gasteiger partial charge is 0.481 e. The van der Waals surface area contributed by atoms with Crippen molar-refractivity contribution in [1.82, 2.24) is 0 Å². The number of hydrogen-bond donors (Lipinski definition) is 5. The maximum absolute atomic E-state index is 10.7. The summed E-state index contributed by atoms with van der Waals surface area (Å²) in [6, 6.07) is 0. The van der Waals surface area contributed by atoms with Crippen LogP contribution in [0.2, 0.25) is 0 Å². The Morgan fingerprint density at radius 1 is 0.844 bits per heavy atom. The Hall–Kier alpha value is -2.07. The molecule has 0 saturated heterocycles. The van der Waals surface area contributed by atoms with Crippen molar-refractivity contribution in [2.45, 2.75) is 135 Å². The van der Waals surface area contributed by atoms with Crippen LogP contribution in [0.4, 0.5) is 0 Å². The molecule has 0 amide bonds. The molecule has 4 rings (SSSR count). The van der Waals surface area contributed by atoms with Gasteiger partial charge in [-0.05, 0) is 97.7 Å². The quantitative estimate of drug-likeness (QED) is 0.131. The monoisotopic (exact) mass is 652 g/mol. The van der Waals surface area contributed by atoms with Crippen LogP contribution in [0.1, 0.15) is 118 Å². The summed E-state index contributed by atoms with van der Waals surface area (Å²) < 4.78 is 0. The van der Waals surface area contributed by atoms with Gasteiger partial charge in [-0.25, -0.2) is 0 Å². The minimum Gasteiger partial charge on any atom is -0.481 e. The summed E-state index contributed by atoms with van der Waals surface area (Å²) >= 11 is 0.302. The van der Waals surface area contributed by atoms with E-state index in [1.807, 2.05) is 0 Å². The first-order valence-corrected chi connectivity index (χ1v) is 17.9. The minimum atomic E-state index is -1.49. The lowest BCUT2D eigenvalue weighted by molar-refractivity contribution is -0.143. The van der Waals surface area contributed by atoms with Gasteiger partial charge in [0, 0.05) is 0 Å². The van der Waals surface area contributed by atoms with E-state index >= 15 is 0 Å². The highest BCUT2D eigenvalue weighted by Crippen LogP contribution is 2.67. The van der Waals surface area contributed by atoms with Crippen LogP contribution in [-0.4, -0.2) is 66.0 Å². The number of thioether (sulfide) groups is 1. The highest BCUT2D eigenvalue weighted by atomic mass is 32.2. The van der Waals surface area contributed by atoms with E-state index in [9.17, 15) is 24.3 Å². The number of allylic oxidation sites excluding steroid dienone is 1. The number of carboxylic acids is 4. The van der Waals surface area contributed by atoms with E-state index in [-0.39, 0.29) is 6.10 Å². The van der Waals surface area contributed by atoms with Gasteiger partial charge in [0.2, 0.25) is 0 Å². The number of carboxylic acid groups (broad SMARTS) is 4. The van der Waals surface area contributed by atoms with Crippen LogP contribution in [0.5, 0.6) is 0 Å². The predicted molar refractivity (Wildman–Crippen MR) is 174 cm³/mol. The lowest BCUT2D eigenvalue weighted by Crippen LogP contribution is -2.50. The summed E-state index contributed by atoms with van der Waals surface area (Å²) in [4.78, 5) is 42.0. The lowest BCUT2D eigenvalue weighted by atomic mass is 9.47. The van der Waals surface area contributed by atoms with Gasteiger partial charge in [0.05, 0.1) is 18.9 Å². The van der Waals surface area contributed by atoms with Gasteiger partial charge >= 0.3 is 23.9 Å². The van der Waals surface area contributed by atoms with Crippen LogP contribution in [0, 0.1) is 46.3 Å². The Balaban J connectivity index is 0.000000281. The molecule has 0 aromatic carbocycles. The standard InChI is InChI=1S/C27H46O.C8H10O8S/c1-18(2)7-6-8-19(3)23-11-12-24-22-10-9-20-17-21(28)13-15-26(20,4)25(22)14-16-27(23,24)5;9-5(10)1-3(7(13)14)17-4(8(15)16)2-6(11)12/h9,18-19,21-25,28H,6-8,10-17H2,1-5H3;3-4H,1-2H2,(H,9,10)(H,11,12)(H,13,14)(H,15,16). The van der Waals surface area contributed by atoms with E-state index in [0.717, 1.165) is 48.3 Å². The van der Waals surface area contributed by atoms with Gasteiger partial charge in [0.25, 0.3) is 0 Å². The molecule has 0 aromatic heterocycles. The predicted octanol–water partition coefficient (Wildman–Crippen LogP) is 6.96. The second kappa shape index (κ2) is 15.7. The van der Waals surface area contributed by atoms with E-state index in [0.29, 0.717) is 22.6 Å². The number of aliphatic hydroxyl groups excluding tert-OH is 1. The van der Waals surface area contributed by atoms with Crippen molar-refractivity contribution in [3.63, 3.8) is 0 Å². The summed E-state index contributed by atoms with van der Waals surface area (Å²) in [6.07, 6.45) is 15.6. The molecule has 10 heteroatoms.